The summed E-state index contributed by atoms with van der Waals surface area (Å²) in [7, 11) is 4.77. The first-order chi connectivity index (χ1) is 4.63. The number of hydrogen-bond acceptors (Lipinski definition) is 3. The lowest BCUT2D eigenvalue weighted by atomic mass is 10.3. The van der Waals surface area contributed by atoms with E-state index in [1.807, 2.05) is 0 Å². The molecule has 10 heavy (non-hydrogen) atoms. The highest BCUT2D eigenvalue weighted by Crippen LogP contribution is 1.89. The number of hydroxylamine groups is 2. The number of likely N-dealkylation sites (N-methyl/N-ethyl adjacent to an activating group) is 2. The van der Waals surface area contributed by atoms with E-state index in [1.165, 1.54) is 12.2 Å². The molecule has 0 aliphatic carbocycles. The summed E-state index contributed by atoms with van der Waals surface area (Å²) >= 11 is 0. The van der Waals surface area contributed by atoms with Crippen LogP contribution in [0.1, 0.15) is 6.92 Å². The first kappa shape index (κ1) is 9.39. The fourth-order valence-electron chi connectivity index (χ4n) is 0.486. The summed E-state index contributed by atoms with van der Waals surface area (Å²) in [6.07, 6.45) is 0. The van der Waals surface area contributed by atoms with Crippen molar-refractivity contribution >= 4 is 5.91 Å². The lowest BCUT2D eigenvalue weighted by molar-refractivity contribution is -0.170. The third-order valence-electron chi connectivity index (χ3n) is 1.39. The average Bonchev–Trinajstić information content (AvgIpc) is 2.00. The van der Waals surface area contributed by atoms with Gasteiger partial charge in [0.05, 0.1) is 13.2 Å². The topological polar surface area (TPSA) is 41.6 Å². The van der Waals surface area contributed by atoms with Crippen LogP contribution >= 0.6 is 0 Å². The molecule has 1 N–H and O–H groups in total. The van der Waals surface area contributed by atoms with Crippen molar-refractivity contribution in [3.63, 3.8) is 0 Å². The van der Waals surface area contributed by atoms with Gasteiger partial charge < -0.3 is 5.32 Å². The molecule has 0 heterocycles. The van der Waals surface area contributed by atoms with Gasteiger partial charge in [-0.1, -0.05) is 0 Å². The van der Waals surface area contributed by atoms with E-state index in [4.69, 9.17) is 0 Å². The first-order valence-corrected chi connectivity index (χ1v) is 3.12. The van der Waals surface area contributed by atoms with Gasteiger partial charge in [-0.3, -0.25) is 9.63 Å². The molecule has 0 bridgehead atoms. The fraction of sp³-hybridized carbons (Fsp3) is 0.833. The molecule has 0 aromatic rings. The average molecular weight is 146 g/mol. The second-order valence-corrected chi connectivity index (χ2v) is 2.03. The number of carbonyl (C=O) groups is 1. The zero-order valence-electron chi connectivity index (χ0n) is 6.84. The minimum atomic E-state index is -0.190. The van der Waals surface area contributed by atoms with E-state index >= 15 is 0 Å². The summed E-state index contributed by atoms with van der Waals surface area (Å²) in [5, 5.41) is 4.00. The summed E-state index contributed by atoms with van der Waals surface area (Å²) in [4.78, 5) is 15.7. The molecule has 1 amide bonds. The van der Waals surface area contributed by atoms with Crippen LogP contribution in [0.25, 0.3) is 0 Å². The van der Waals surface area contributed by atoms with E-state index in [2.05, 4.69) is 10.2 Å². The molecule has 0 saturated carbocycles. The van der Waals surface area contributed by atoms with Crippen LogP contribution in [0.3, 0.4) is 0 Å². The highest BCUT2D eigenvalue weighted by atomic mass is 16.7. The molecule has 1 unspecified atom stereocenters. The van der Waals surface area contributed by atoms with Gasteiger partial charge in [0.1, 0.15) is 0 Å². The van der Waals surface area contributed by atoms with Gasteiger partial charge in [-0.2, -0.15) is 0 Å². The molecule has 0 aromatic heterocycles. The van der Waals surface area contributed by atoms with Crippen molar-refractivity contribution in [3.8, 4) is 0 Å². The minimum absolute atomic E-state index is 0.0787. The Labute approximate surface area is 61.1 Å². The SMILES string of the molecule is CNC(C)C(=O)N(C)OC. The van der Waals surface area contributed by atoms with Gasteiger partial charge in [-0.05, 0) is 14.0 Å². The second-order valence-electron chi connectivity index (χ2n) is 2.03. The van der Waals surface area contributed by atoms with Gasteiger partial charge in [-0.25, -0.2) is 5.06 Å². The monoisotopic (exact) mass is 146 g/mol. The molecule has 0 saturated heterocycles. The lowest BCUT2D eigenvalue weighted by Gasteiger charge is -2.17. The molecular formula is C6H14N2O2. The van der Waals surface area contributed by atoms with Crippen LogP contribution in [0.15, 0.2) is 0 Å². The molecule has 0 spiro atoms. The summed E-state index contributed by atoms with van der Waals surface area (Å²) in [5.41, 5.74) is 0. The number of carbonyl (C=O) groups excluding carboxylic acids is 1. The van der Waals surface area contributed by atoms with E-state index in [0.717, 1.165) is 0 Å². The maximum absolute atomic E-state index is 11.0. The summed E-state index contributed by atoms with van der Waals surface area (Å²) in [5.74, 6) is -0.0787. The van der Waals surface area contributed by atoms with Gasteiger partial charge in [0.25, 0.3) is 5.91 Å². The molecule has 0 rings (SSSR count). The Morgan fingerprint density at radius 3 is 2.50 bits per heavy atom. The Bertz CT molecular complexity index is 104. The van der Waals surface area contributed by atoms with Crippen molar-refractivity contribution in [2.24, 2.45) is 0 Å². The molecule has 0 aliphatic heterocycles. The maximum atomic E-state index is 11.0. The third-order valence-corrected chi connectivity index (χ3v) is 1.39. The Morgan fingerprint density at radius 1 is 1.70 bits per heavy atom. The molecule has 0 aromatic carbocycles. The molecule has 4 nitrogen and oxygen atoms in total. The van der Waals surface area contributed by atoms with Crippen LogP contribution in [-0.4, -0.2) is 38.2 Å². The highest BCUT2D eigenvalue weighted by molar-refractivity contribution is 5.80. The standard InChI is InChI=1S/C6H14N2O2/c1-5(7-2)6(9)8(3)10-4/h5,7H,1-4H3. The molecular weight excluding hydrogens is 132 g/mol. The van der Waals surface area contributed by atoms with Crippen LogP contribution in [-0.2, 0) is 9.63 Å². The Kier molecular flexibility index (Phi) is 3.99. The van der Waals surface area contributed by atoms with Gasteiger partial charge in [0, 0.05) is 7.05 Å². The van der Waals surface area contributed by atoms with Crippen LogP contribution in [0, 0.1) is 0 Å². The van der Waals surface area contributed by atoms with Crippen molar-refractivity contribution in [1.82, 2.24) is 10.4 Å². The molecule has 4 heteroatoms. The zero-order valence-corrected chi connectivity index (χ0v) is 6.84. The van der Waals surface area contributed by atoms with E-state index in [1.54, 1.807) is 21.0 Å². The largest absolute Gasteiger partial charge is 0.309 e. The second kappa shape index (κ2) is 4.24. The minimum Gasteiger partial charge on any atom is -0.309 e. The van der Waals surface area contributed by atoms with Crippen molar-refractivity contribution in [2.45, 2.75) is 13.0 Å². The summed E-state index contributed by atoms with van der Waals surface area (Å²) in [6.45, 7) is 1.78. The predicted octanol–water partition coefficient (Wildman–Crippen LogP) is -0.386. The van der Waals surface area contributed by atoms with Crippen LogP contribution in [0.5, 0.6) is 0 Å². The number of nitrogens with one attached hydrogen (secondary N) is 1. The smallest absolute Gasteiger partial charge is 0.262 e. The zero-order chi connectivity index (χ0) is 8.15. The molecule has 0 aliphatic rings. The Morgan fingerprint density at radius 2 is 2.20 bits per heavy atom. The van der Waals surface area contributed by atoms with E-state index in [9.17, 15) is 4.79 Å². The van der Waals surface area contributed by atoms with Crippen molar-refractivity contribution in [3.05, 3.63) is 0 Å². The number of nitrogens with zero attached hydrogens (tertiary/aromatic N) is 1. The first-order valence-electron chi connectivity index (χ1n) is 3.12. The normalized spacial score (nSPS) is 12.8. The van der Waals surface area contributed by atoms with Gasteiger partial charge in [-0.15, -0.1) is 0 Å². The third kappa shape index (κ3) is 2.33. The van der Waals surface area contributed by atoms with Gasteiger partial charge in [0.15, 0.2) is 0 Å². The van der Waals surface area contributed by atoms with E-state index < -0.39 is 0 Å². The lowest BCUT2D eigenvalue weighted by Crippen LogP contribution is -2.40. The van der Waals surface area contributed by atoms with Crippen molar-refractivity contribution in [1.29, 1.82) is 0 Å². The summed E-state index contributed by atoms with van der Waals surface area (Å²) in [6, 6.07) is -0.190. The number of rotatable bonds is 3. The molecule has 0 fully saturated rings. The molecule has 0 radical (unpaired) electrons. The summed E-state index contributed by atoms with van der Waals surface area (Å²) < 4.78 is 0. The van der Waals surface area contributed by atoms with Crippen molar-refractivity contribution in [2.75, 3.05) is 21.2 Å². The molecule has 60 valence electrons. The van der Waals surface area contributed by atoms with Crippen molar-refractivity contribution < 1.29 is 9.63 Å². The van der Waals surface area contributed by atoms with Crippen LogP contribution < -0.4 is 5.32 Å². The Balaban J connectivity index is 3.82. The maximum Gasteiger partial charge on any atom is 0.262 e. The highest BCUT2D eigenvalue weighted by Gasteiger charge is 2.14. The van der Waals surface area contributed by atoms with Crippen LogP contribution in [0.2, 0.25) is 0 Å². The Hall–Kier alpha value is -0.610. The number of hydrogen-bond donors (Lipinski definition) is 1. The van der Waals surface area contributed by atoms with Crippen LogP contribution in [0.4, 0.5) is 0 Å². The van der Waals surface area contributed by atoms with E-state index in [0.29, 0.717) is 0 Å². The van der Waals surface area contributed by atoms with Gasteiger partial charge in [0.2, 0.25) is 0 Å². The van der Waals surface area contributed by atoms with E-state index in [-0.39, 0.29) is 11.9 Å². The molecule has 1 atom stereocenters. The number of amides is 1. The quantitative estimate of drug-likeness (QED) is 0.551. The fourth-order valence-corrected chi connectivity index (χ4v) is 0.486. The van der Waals surface area contributed by atoms with Gasteiger partial charge >= 0.3 is 0 Å². The predicted molar refractivity (Wildman–Crippen MR) is 38.3 cm³/mol.